The van der Waals surface area contributed by atoms with Crippen molar-refractivity contribution in [2.75, 3.05) is 6.54 Å². The van der Waals surface area contributed by atoms with Crippen molar-refractivity contribution in [3.8, 4) is 17.2 Å². The van der Waals surface area contributed by atoms with E-state index in [1.54, 1.807) is 0 Å². The Morgan fingerprint density at radius 3 is 2.23 bits per heavy atom. The van der Waals surface area contributed by atoms with Crippen molar-refractivity contribution in [3.63, 3.8) is 0 Å². The second-order valence-corrected chi connectivity index (χ2v) is 2.71. The van der Waals surface area contributed by atoms with Crippen LogP contribution in [0.5, 0.6) is 17.2 Å². The van der Waals surface area contributed by atoms with Gasteiger partial charge >= 0.3 is 0 Å². The van der Waals surface area contributed by atoms with Crippen molar-refractivity contribution in [1.82, 2.24) is 0 Å². The molecule has 1 rings (SSSR count). The van der Waals surface area contributed by atoms with Crippen molar-refractivity contribution >= 4 is 0 Å². The topological polar surface area (TPSA) is 113 Å². The molecule has 0 aromatic heterocycles. The summed E-state index contributed by atoms with van der Waals surface area (Å²) < 4.78 is 0. The Morgan fingerprint density at radius 1 is 1.15 bits per heavy atom. The number of nitrogens with two attached hydrogens (primary N) is 2. The highest BCUT2D eigenvalue weighted by molar-refractivity contribution is 5.53. The fraction of sp³-hybridized carbons (Fsp3) is 0.250. The first-order valence-corrected chi connectivity index (χ1v) is 3.77. The van der Waals surface area contributed by atoms with Crippen LogP contribution in [0.15, 0.2) is 12.1 Å². The Bertz CT molecular complexity index is 315. The lowest BCUT2D eigenvalue weighted by atomic mass is 10.0. The van der Waals surface area contributed by atoms with Gasteiger partial charge < -0.3 is 26.8 Å². The zero-order chi connectivity index (χ0) is 10.0. The monoisotopic (exact) mass is 184 g/mol. The highest BCUT2D eigenvalue weighted by Crippen LogP contribution is 2.37. The van der Waals surface area contributed by atoms with E-state index in [-0.39, 0.29) is 23.6 Å². The summed E-state index contributed by atoms with van der Waals surface area (Å²) in [6, 6.07) is 1.74. The lowest BCUT2D eigenvalue weighted by Crippen LogP contribution is -2.20. The van der Waals surface area contributed by atoms with E-state index < -0.39 is 11.8 Å². The van der Waals surface area contributed by atoms with Crippen molar-refractivity contribution in [2.24, 2.45) is 11.5 Å². The number of hydrogen-bond acceptors (Lipinski definition) is 5. The molecule has 1 atom stereocenters. The van der Waals surface area contributed by atoms with Gasteiger partial charge in [0.25, 0.3) is 0 Å². The molecule has 0 aliphatic rings. The molecule has 0 radical (unpaired) electrons. The van der Waals surface area contributed by atoms with Gasteiger partial charge in [-0.25, -0.2) is 0 Å². The molecule has 1 aromatic rings. The summed E-state index contributed by atoms with van der Waals surface area (Å²) in [5, 5.41) is 27.8. The van der Waals surface area contributed by atoms with Crippen molar-refractivity contribution in [1.29, 1.82) is 0 Å². The lowest BCUT2D eigenvalue weighted by Gasteiger charge is -2.13. The highest BCUT2D eigenvalue weighted by atomic mass is 16.3. The maximum atomic E-state index is 9.33. The molecule has 72 valence electrons. The number of hydrogen-bond donors (Lipinski definition) is 5. The smallest absolute Gasteiger partial charge is 0.166 e. The molecular formula is C8H12N2O3. The van der Waals surface area contributed by atoms with Gasteiger partial charge in [0, 0.05) is 12.6 Å². The van der Waals surface area contributed by atoms with Gasteiger partial charge in [-0.1, -0.05) is 0 Å². The van der Waals surface area contributed by atoms with E-state index in [4.69, 9.17) is 16.6 Å². The molecule has 0 spiro atoms. The average Bonchev–Trinajstić information content (AvgIpc) is 2.12. The minimum Gasteiger partial charge on any atom is -0.507 e. The Labute approximate surface area is 75.2 Å². The van der Waals surface area contributed by atoms with Crippen molar-refractivity contribution in [2.45, 2.75) is 6.04 Å². The molecule has 0 bridgehead atoms. The van der Waals surface area contributed by atoms with Crippen LogP contribution in [0.3, 0.4) is 0 Å². The molecule has 0 unspecified atom stereocenters. The molecule has 7 N–H and O–H groups in total. The van der Waals surface area contributed by atoms with Gasteiger partial charge in [0.1, 0.15) is 5.75 Å². The minimum absolute atomic E-state index is 0.0718. The van der Waals surface area contributed by atoms with E-state index in [0.29, 0.717) is 0 Å². The molecule has 0 saturated heterocycles. The first kappa shape index (κ1) is 9.63. The van der Waals surface area contributed by atoms with Gasteiger partial charge in [-0.3, -0.25) is 0 Å². The van der Waals surface area contributed by atoms with E-state index >= 15 is 0 Å². The Morgan fingerprint density at radius 2 is 1.69 bits per heavy atom. The molecule has 5 heteroatoms. The van der Waals surface area contributed by atoms with E-state index in [2.05, 4.69) is 0 Å². The van der Waals surface area contributed by atoms with E-state index in [0.717, 1.165) is 0 Å². The highest BCUT2D eigenvalue weighted by Gasteiger charge is 2.17. The molecule has 0 aliphatic heterocycles. The maximum absolute atomic E-state index is 9.33. The van der Waals surface area contributed by atoms with Gasteiger partial charge in [0.05, 0.1) is 5.56 Å². The van der Waals surface area contributed by atoms with Gasteiger partial charge in [0.15, 0.2) is 11.5 Å². The third-order valence-corrected chi connectivity index (χ3v) is 1.80. The van der Waals surface area contributed by atoms with Crippen molar-refractivity contribution in [3.05, 3.63) is 17.7 Å². The second-order valence-electron chi connectivity index (χ2n) is 2.71. The van der Waals surface area contributed by atoms with E-state index in [1.807, 2.05) is 0 Å². The molecule has 0 heterocycles. The van der Waals surface area contributed by atoms with Crippen LogP contribution < -0.4 is 11.5 Å². The average molecular weight is 184 g/mol. The molecule has 0 saturated carbocycles. The van der Waals surface area contributed by atoms with Crippen LogP contribution in [0.25, 0.3) is 0 Å². The standard InChI is InChI=1S/C8H12N2O3/c9-3-4(10)7-5(11)1-2-6(12)8(7)13/h1-2,4,11-13H,3,9-10H2/t4-/m1/s1. The fourth-order valence-corrected chi connectivity index (χ4v) is 1.07. The van der Waals surface area contributed by atoms with E-state index in [1.165, 1.54) is 12.1 Å². The summed E-state index contributed by atoms with van der Waals surface area (Å²) in [4.78, 5) is 0. The quantitative estimate of drug-likeness (QED) is 0.321. The fourth-order valence-electron chi connectivity index (χ4n) is 1.07. The molecule has 0 amide bonds. The third kappa shape index (κ3) is 1.66. The number of aromatic hydroxyl groups is 3. The number of phenols is 3. The second kappa shape index (κ2) is 3.51. The third-order valence-electron chi connectivity index (χ3n) is 1.80. The van der Waals surface area contributed by atoms with Crippen LogP contribution in [0.1, 0.15) is 11.6 Å². The molecule has 13 heavy (non-hydrogen) atoms. The van der Waals surface area contributed by atoms with Gasteiger partial charge in [0.2, 0.25) is 0 Å². The summed E-state index contributed by atoms with van der Waals surface area (Å²) in [5.41, 5.74) is 10.8. The Hall–Kier alpha value is -1.46. The summed E-state index contributed by atoms with van der Waals surface area (Å²) >= 11 is 0. The molecule has 0 fully saturated rings. The Balaban J connectivity index is 3.25. The zero-order valence-electron chi connectivity index (χ0n) is 6.94. The first-order chi connectivity index (χ1) is 6.07. The molecule has 5 nitrogen and oxygen atoms in total. The van der Waals surface area contributed by atoms with Gasteiger partial charge in [-0.2, -0.15) is 0 Å². The predicted molar refractivity (Wildman–Crippen MR) is 47.4 cm³/mol. The number of benzene rings is 1. The minimum atomic E-state index is -0.688. The summed E-state index contributed by atoms with van der Waals surface area (Å²) in [7, 11) is 0. The summed E-state index contributed by atoms with van der Waals surface area (Å²) in [5.74, 6) is -0.914. The maximum Gasteiger partial charge on any atom is 0.166 e. The number of rotatable bonds is 2. The van der Waals surface area contributed by atoms with Crippen LogP contribution in [-0.2, 0) is 0 Å². The van der Waals surface area contributed by atoms with Gasteiger partial charge in [-0.15, -0.1) is 0 Å². The normalized spacial score (nSPS) is 12.8. The van der Waals surface area contributed by atoms with Crippen molar-refractivity contribution < 1.29 is 15.3 Å². The SMILES string of the molecule is NC[C@@H](N)c1c(O)ccc(O)c1O. The van der Waals surface area contributed by atoms with Crippen LogP contribution >= 0.6 is 0 Å². The number of phenolic OH excluding ortho intramolecular Hbond substituents is 3. The summed E-state index contributed by atoms with van der Waals surface area (Å²) in [6.07, 6.45) is 0. The lowest BCUT2D eigenvalue weighted by molar-refractivity contribution is 0.384. The molecular weight excluding hydrogens is 172 g/mol. The van der Waals surface area contributed by atoms with E-state index in [9.17, 15) is 10.2 Å². The largest absolute Gasteiger partial charge is 0.507 e. The van der Waals surface area contributed by atoms with Gasteiger partial charge in [-0.05, 0) is 12.1 Å². The molecule has 0 aliphatic carbocycles. The molecule has 1 aromatic carbocycles. The Kier molecular flexibility index (Phi) is 2.60. The first-order valence-electron chi connectivity index (χ1n) is 3.77. The van der Waals surface area contributed by atoms with Crippen LogP contribution in [0.2, 0.25) is 0 Å². The zero-order valence-corrected chi connectivity index (χ0v) is 6.94. The predicted octanol–water partition coefficient (Wildman–Crippen LogP) is -0.238. The van der Waals surface area contributed by atoms with Crippen LogP contribution in [0.4, 0.5) is 0 Å². The van der Waals surface area contributed by atoms with Crippen LogP contribution in [-0.4, -0.2) is 21.9 Å². The summed E-state index contributed by atoms with van der Waals surface area (Å²) in [6.45, 7) is 0.0740. The van der Waals surface area contributed by atoms with Crippen LogP contribution in [0, 0.1) is 0 Å².